The minimum absolute atomic E-state index is 0.108. The summed E-state index contributed by atoms with van der Waals surface area (Å²) in [6, 6.07) is 0.108. The Bertz CT molecular complexity index is 297. The molecule has 1 N–H and O–H groups in total. The standard InChI is InChI=1S/C11H24N2O2S/c1-4-6-10(2)13(3)16(14,15)11-7-5-8-12-9-11/h10-12H,4-9H2,1-3H3. The SMILES string of the molecule is CCCC(C)N(C)S(=O)(=O)C1CCCNC1. The van der Waals surface area contributed by atoms with E-state index in [0.717, 1.165) is 32.2 Å². The first-order chi connectivity index (χ1) is 7.50. The average molecular weight is 248 g/mol. The highest BCUT2D eigenvalue weighted by atomic mass is 32.2. The Morgan fingerprint density at radius 3 is 2.69 bits per heavy atom. The maximum absolute atomic E-state index is 12.3. The first-order valence-corrected chi connectivity index (χ1v) is 7.68. The molecule has 4 nitrogen and oxygen atoms in total. The van der Waals surface area contributed by atoms with Crippen LogP contribution in [0.25, 0.3) is 0 Å². The Hall–Kier alpha value is -0.130. The molecule has 1 heterocycles. The van der Waals surface area contributed by atoms with Gasteiger partial charge in [-0.2, -0.15) is 0 Å². The van der Waals surface area contributed by atoms with Crippen molar-refractivity contribution in [2.24, 2.45) is 0 Å². The average Bonchev–Trinajstić information content (AvgIpc) is 2.29. The van der Waals surface area contributed by atoms with E-state index in [-0.39, 0.29) is 11.3 Å². The van der Waals surface area contributed by atoms with E-state index in [1.54, 1.807) is 11.4 Å². The fourth-order valence-electron chi connectivity index (χ4n) is 2.16. The molecule has 96 valence electrons. The molecule has 0 saturated carbocycles. The summed E-state index contributed by atoms with van der Waals surface area (Å²) in [5.74, 6) is 0. The van der Waals surface area contributed by atoms with Gasteiger partial charge in [-0.05, 0) is 32.7 Å². The van der Waals surface area contributed by atoms with E-state index in [4.69, 9.17) is 0 Å². The third-order valence-corrected chi connectivity index (χ3v) is 5.81. The predicted molar refractivity (Wildman–Crippen MR) is 66.9 cm³/mol. The Labute approximate surface area is 99.5 Å². The lowest BCUT2D eigenvalue weighted by atomic mass is 10.2. The summed E-state index contributed by atoms with van der Waals surface area (Å²) in [5, 5.41) is 2.93. The van der Waals surface area contributed by atoms with Crippen LogP contribution >= 0.6 is 0 Å². The Kier molecular flexibility index (Phi) is 5.21. The van der Waals surface area contributed by atoms with Gasteiger partial charge in [0.2, 0.25) is 10.0 Å². The number of hydrogen-bond acceptors (Lipinski definition) is 3. The van der Waals surface area contributed by atoms with Gasteiger partial charge in [0, 0.05) is 19.6 Å². The zero-order valence-corrected chi connectivity index (χ0v) is 11.4. The number of rotatable bonds is 5. The van der Waals surface area contributed by atoms with Gasteiger partial charge in [-0.1, -0.05) is 13.3 Å². The van der Waals surface area contributed by atoms with E-state index in [0.29, 0.717) is 6.54 Å². The molecule has 0 spiro atoms. The van der Waals surface area contributed by atoms with Crippen molar-refractivity contribution in [3.05, 3.63) is 0 Å². The maximum Gasteiger partial charge on any atom is 0.218 e. The molecule has 16 heavy (non-hydrogen) atoms. The highest BCUT2D eigenvalue weighted by Crippen LogP contribution is 2.18. The Morgan fingerprint density at radius 2 is 2.19 bits per heavy atom. The molecule has 0 bridgehead atoms. The number of nitrogens with one attached hydrogen (secondary N) is 1. The van der Waals surface area contributed by atoms with Crippen molar-refractivity contribution in [1.82, 2.24) is 9.62 Å². The van der Waals surface area contributed by atoms with Crippen LogP contribution in [0.5, 0.6) is 0 Å². The van der Waals surface area contributed by atoms with Crippen molar-refractivity contribution >= 4 is 10.0 Å². The summed E-state index contributed by atoms with van der Waals surface area (Å²) >= 11 is 0. The van der Waals surface area contributed by atoms with Gasteiger partial charge in [0.15, 0.2) is 0 Å². The van der Waals surface area contributed by atoms with Gasteiger partial charge in [0.25, 0.3) is 0 Å². The van der Waals surface area contributed by atoms with Crippen LogP contribution in [0.2, 0.25) is 0 Å². The van der Waals surface area contributed by atoms with Crippen LogP contribution in [0.1, 0.15) is 39.5 Å². The van der Waals surface area contributed by atoms with Gasteiger partial charge in [0.05, 0.1) is 5.25 Å². The molecule has 0 aliphatic carbocycles. The lowest BCUT2D eigenvalue weighted by molar-refractivity contribution is 0.356. The Balaban J connectivity index is 2.67. The normalized spacial score (nSPS) is 24.6. The lowest BCUT2D eigenvalue weighted by Crippen LogP contribution is -2.47. The number of nitrogens with zero attached hydrogens (tertiary/aromatic N) is 1. The van der Waals surface area contributed by atoms with E-state index in [9.17, 15) is 8.42 Å². The first-order valence-electron chi connectivity index (χ1n) is 6.17. The third-order valence-electron chi connectivity index (χ3n) is 3.40. The fourth-order valence-corrected chi connectivity index (χ4v) is 4.03. The highest BCUT2D eigenvalue weighted by molar-refractivity contribution is 7.89. The van der Waals surface area contributed by atoms with Crippen LogP contribution in [0, 0.1) is 0 Å². The molecule has 0 aromatic carbocycles. The molecule has 1 fully saturated rings. The van der Waals surface area contributed by atoms with Crippen LogP contribution < -0.4 is 5.32 Å². The summed E-state index contributed by atoms with van der Waals surface area (Å²) in [4.78, 5) is 0. The van der Waals surface area contributed by atoms with E-state index >= 15 is 0 Å². The molecule has 0 amide bonds. The van der Waals surface area contributed by atoms with Crippen molar-refractivity contribution in [3.8, 4) is 0 Å². The van der Waals surface area contributed by atoms with Gasteiger partial charge in [-0.3, -0.25) is 0 Å². The second-order valence-corrected chi connectivity index (χ2v) is 6.94. The monoisotopic (exact) mass is 248 g/mol. The van der Waals surface area contributed by atoms with Gasteiger partial charge in [-0.15, -0.1) is 0 Å². The van der Waals surface area contributed by atoms with E-state index in [2.05, 4.69) is 12.2 Å². The molecule has 0 radical (unpaired) electrons. The predicted octanol–water partition coefficient (Wildman–Crippen LogP) is 1.19. The first kappa shape index (κ1) is 13.9. The highest BCUT2D eigenvalue weighted by Gasteiger charge is 2.32. The largest absolute Gasteiger partial charge is 0.315 e. The van der Waals surface area contributed by atoms with Crippen LogP contribution in [0.15, 0.2) is 0 Å². The molecule has 1 aliphatic rings. The molecule has 1 aliphatic heterocycles. The smallest absolute Gasteiger partial charge is 0.218 e. The van der Waals surface area contributed by atoms with E-state index in [1.165, 1.54) is 0 Å². The zero-order chi connectivity index (χ0) is 12.2. The molecule has 5 heteroatoms. The number of hydrogen-bond donors (Lipinski definition) is 1. The van der Waals surface area contributed by atoms with E-state index in [1.807, 2.05) is 6.92 Å². The second-order valence-electron chi connectivity index (χ2n) is 4.67. The molecule has 2 atom stereocenters. The minimum atomic E-state index is -3.11. The molecule has 1 saturated heterocycles. The minimum Gasteiger partial charge on any atom is -0.315 e. The van der Waals surface area contributed by atoms with Crippen molar-refractivity contribution in [1.29, 1.82) is 0 Å². The summed E-state index contributed by atoms with van der Waals surface area (Å²) in [7, 11) is -1.40. The topological polar surface area (TPSA) is 49.4 Å². The second kappa shape index (κ2) is 5.98. The van der Waals surface area contributed by atoms with Crippen molar-refractivity contribution in [2.45, 2.75) is 50.8 Å². The van der Waals surface area contributed by atoms with Crippen molar-refractivity contribution in [3.63, 3.8) is 0 Å². The quantitative estimate of drug-likeness (QED) is 0.795. The van der Waals surface area contributed by atoms with Gasteiger partial charge < -0.3 is 5.32 Å². The summed E-state index contributed by atoms with van der Waals surface area (Å²) in [5.41, 5.74) is 0. The molecular formula is C11H24N2O2S. The van der Waals surface area contributed by atoms with Crippen LogP contribution in [-0.4, -0.2) is 44.2 Å². The van der Waals surface area contributed by atoms with Crippen molar-refractivity contribution in [2.75, 3.05) is 20.1 Å². The van der Waals surface area contributed by atoms with Gasteiger partial charge in [0.1, 0.15) is 0 Å². The maximum atomic E-state index is 12.3. The zero-order valence-electron chi connectivity index (χ0n) is 10.6. The summed E-state index contributed by atoms with van der Waals surface area (Å²) in [6.07, 6.45) is 3.69. The molecule has 0 aromatic heterocycles. The Morgan fingerprint density at radius 1 is 1.50 bits per heavy atom. The van der Waals surface area contributed by atoms with Crippen LogP contribution in [0.3, 0.4) is 0 Å². The van der Waals surface area contributed by atoms with Gasteiger partial charge >= 0.3 is 0 Å². The lowest BCUT2D eigenvalue weighted by Gasteiger charge is -2.31. The number of sulfonamides is 1. The fraction of sp³-hybridized carbons (Fsp3) is 1.00. The van der Waals surface area contributed by atoms with Gasteiger partial charge in [-0.25, -0.2) is 12.7 Å². The third kappa shape index (κ3) is 3.18. The van der Waals surface area contributed by atoms with E-state index < -0.39 is 10.0 Å². The molecule has 0 aromatic rings. The van der Waals surface area contributed by atoms with Crippen molar-refractivity contribution < 1.29 is 8.42 Å². The molecule has 2 unspecified atom stereocenters. The number of piperidine rings is 1. The summed E-state index contributed by atoms with van der Waals surface area (Å²) < 4.78 is 26.1. The molecular weight excluding hydrogens is 224 g/mol. The van der Waals surface area contributed by atoms with Crippen LogP contribution in [0.4, 0.5) is 0 Å². The molecule has 1 rings (SSSR count). The van der Waals surface area contributed by atoms with Crippen LogP contribution in [-0.2, 0) is 10.0 Å². The summed E-state index contributed by atoms with van der Waals surface area (Å²) in [6.45, 7) is 5.61.